The Morgan fingerprint density at radius 3 is 2.29 bits per heavy atom. The Balaban J connectivity index is 1.84. The summed E-state index contributed by atoms with van der Waals surface area (Å²) in [6.07, 6.45) is 3.81. The first-order valence-corrected chi connectivity index (χ1v) is 9.63. The van der Waals surface area contributed by atoms with Crippen LogP contribution in [0.4, 0.5) is 5.69 Å². The number of benzene rings is 3. The highest BCUT2D eigenvalue weighted by atomic mass is 35.5. The molecule has 0 N–H and O–H groups in total. The average Bonchev–Trinajstić information content (AvgIpc) is 3.02. The summed E-state index contributed by atoms with van der Waals surface area (Å²) >= 11 is 12.4. The molecule has 3 aromatic rings. The molecule has 1 aliphatic heterocycles. The SMILES string of the molecule is Cc1ccc(N2C(=O)/C(=C/c3ccccc3)C=C2c2ccc(Cl)cc2)cc1Cl. The van der Waals surface area contributed by atoms with Crippen molar-refractivity contribution in [3.63, 3.8) is 0 Å². The molecule has 0 unspecified atom stereocenters. The molecule has 1 aliphatic rings. The lowest BCUT2D eigenvalue weighted by Crippen LogP contribution is -2.25. The highest BCUT2D eigenvalue weighted by molar-refractivity contribution is 6.32. The molecule has 4 heteroatoms. The quantitative estimate of drug-likeness (QED) is 0.440. The van der Waals surface area contributed by atoms with Crippen LogP contribution >= 0.6 is 23.2 Å². The Kier molecular flexibility index (Phi) is 5.08. The van der Waals surface area contributed by atoms with Gasteiger partial charge in [-0.3, -0.25) is 9.69 Å². The predicted molar refractivity (Wildman–Crippen MR) is 118 cm³/mol. The zero-order valence-corrected chi connectivity index (χ0v) is 16.7. The van der Waals surface area contributed by atoms with Crippen LogP contribution in [-0.2, 0) is 4.79 Å². The first-order chi connectivity index (χ1) is 13.5. The second kappa shape index (κ2) is 7.67. The van der Waals surface area contributed by atoms with Crippen LogP contribution in [0.1, 0.15) is 16.7 Å². The van der Waals surface area contributed by atoms with Crippen molar-refractivity contribution in [1.82, 2.24) is 0 Å². The predicted octanol–water partition coefficient (Wildman–Crippen LogP) is 6.77. The van der Waals surface area contributed by atoms with Crippen LogP contribution in [0.2, 0.25) is 10.0 Å². The Morgan fingerprint density at radius 1 is 0.893 bits per heavy atom. The largest absolute Gasteiger partial charge is 0.276 e. The van der Waals surface area contributed by atoms with E-state index in [-0.39, 0.29) is 5.91 Å². The van der Waals surface area contributed by atoms with Crippen molar-refractivity contribution in [3.8, 4) is 0 Å². The summed E-state index contributed by atoms with van der Waals surface area (Å²) in [5.74, 6) is -0.0891. The van der Waals surface area contributed by atoms with E-state index in [0.717, 1.165) is 28.1 Å². The van der Waals surface area contributed by atoms with E-state index in [1.807, 2.05) is 91.9 Å². The molecular formula is C24H17Cl2NO. The highest BCUT2D eigenvalue weighted by Gasteiger charge is 2.30. The van der Waals surface area contributed by atoms with Gasteiger partial charge in [-0.25, -0.2) is 0 Å². The first-order valence-electron chi connectivity index (χ1n) is 8.88. The van der Waals surface area contributed by atoms with E-state index in [1.165, 1.54) is 0 Å². The highest BCUT2D eigenvalue weighted by Crippen LogP contribution is 2.37. The molecule has 0 aromatic heterocycles. The maximum absolute atomic E-state index is 13.3. The average molecular weight is 406 g/mol. The maximum atomic E-state index is 13.3. The molecule has 4 rings (SSSR count). The molecule has 0 spiro atoms. The van der Waals surface area contributed by atoms with Crippen molar-refractivity contribution < 1.29 is 4.79 Å². The fraction of sp³-hybridized carbons (Fsp3) is 0.0417. The van der Waals surface area contributed by atoms with Crippen LogP contribution in [0, 0.1) is 6.92 Å². The van der Waals surface area contributed by atoms with Crippen molar-refractivity contribution in [1.29, 1.82) is 0 Å². The molecule has 0 radical (unpaired) electrons. The molecular weight excluding hydrogens is 389 g/mol. The van der Waals surface area contributed by atoms with Crippen LogP contribution in [0.15, 0.2) is 84.4 Å². The molecule has 0 aliphatic carbocycles. The number of amides is 1. The van der Waals surface area contributed by atoms with Gasteiger partial charge in [0.2, 0.25) is 0 Å². The summed E-state index contributed by atoms with van der Waals surface area (Å²) in [6, 6.07) is 22.9. The number of hydrogen-bond acceptors (Lipinski definition) is 1. The number of nitrogens with zero attached hydrogens (tertiary/aromatic N) is 1. The van der Waals surface area contributed by atoms with Gasteiger partial charge in [-0.05, 0) is 60.0 Å². The zero-order chi connectivity index (χ0) is 19.7. The van der Waals surface area contributed by atoms with Crippen LogP contribution in [0.25, 0.3) is 11.8 Å². The lowest BCUT2D eigenvalue weighted by atomic mass is 10.1. The number of halogens is 2. The molecule has 2 nitrogen and oxygen atoms in total. The van der Waals surface area contributed by atoms with Gasteiger partial charge in [0, 0.05) is 15.6 Å². The molecule has 0 bridgehead atoms. The zero-order valence-electron chi connectivity index (χ0n) is 15.2. The number of carbonyl (C=O) groups excluding carboxylic acids is 1. The summed E-state index contributed by atoms with van der Waals surface area (Å²) in [7, 11) is 0. The number of hydrogen-bond donors (Lipinski definition) is 0. The van der Waals surface area contributed by atoms with E-state index in [1.54, 1.807) is 4.90 Å². The standard InChI is InChI=1S/C24H17Cl2NO/c1-16-7-12-21(15-22(16)26)27-23(18-8-10-20(25)11-9-18)14-19(24(27)28)13-17-5-3-2-4-6-17/h2-15H,1H3/b19-13+. The molecule has 1 heterocycles. The van der Waals surface area contributed by atoms with Crippen molar-refractivity contribution in [3.05, 3.63) is 111 Å². The fourth-order valence-corrected chi connectivity index (χ4v) is 3.46. The molecule has 0 saturated heterocycles. The topological polar surface area (TPSA) is 20.3 Å². The number of aryl methyl sites for hydroxylation is 1. The molecule has 3 aromatic carbocycles. The number of carbonyl (C=O) groups is 1. The second-order valence-electron chi connectivity index (χ2n) is 6.62. The van der Waals surface area contributed by atoms with Gasteiger partial charge in [0.05, 0.1) is 11.4 Å². The van der Waals surface area contributed by atoms with E-state index in [2.05, 4.69) is 0 Å². The summed E-state index contributed by atoms with van der Waals surface area (Å²) in [5.41, 5.74) is 5.00. The van der Waals surface area contributed by atoms with E-state index in [4.69, 9.17) is 23.2 Å². The van der Waals surface area contributed by atoms with Crippen LogP contribution in [-0.4, -0.2) is 5.91 Å². The summed E-state index contributed by atoms with van der Waals surface area (Å²) in [5, 5.41) is 1.28. The third-order valence-corrected chi connectivity index (χ3v) is 5.32. The monoisotopic (exact) mass is 405 g/mol. The van der Waals surface area contributed by atoms with Crippen molar-refractivity contribution in [2.24, 2.45) is 0 Å². The number of rotatable bonds is 3. The Bertz CT molecular complexity index is 1100. The van der Waals surface area contributed by atoms with E-state index < -0.39 is 0 Å². The lowest BCUT2D eigenvalue weighted by molar-refractivity contribution is -0.113. The minimum atomic E-state index is -0.0891. The number of anilines is 1. The van der Waals surface area contributed by atoms with Gasteiger partial charge in [-0.15, -0.1) is 0 Å². The van der Waals surface area contributed by atoms with Gasteiger partial charge in [-0.1, -0.05) is 71.7 Å². The third-order valence-electron chi connectivity index (χ3n) is 4.66. The third kappa shape index (κ3) is 3.62. The maximum Gasteiger partial charge on any atom is 0.262 e. The fourth-order valence-electron chi connectivity index (χ4n) is 3.15. The Morgan fingerprint density at radius 2 is 1.61 bits per heavy atom. The van der Waals surface area contributed by atoms with Crippen molar-refractivity contribution in [2.75, 3.05) is 4.90 Å². The van der Waals surface area contributed by atoms with Crippen LogP contribution in [0.5, 0.6) is 0 Å². The van der Waals surface area contributed by atoms with Crippen molar-refractivity contribution >= 4 is 46.6 Å². The molecule has 138 valence electrons. The Labute approximate surface area is 174 Å². The summed E-state index contributed by atoms with van der Waals surface area (Å²) < 4.78 is 0. The molecule has 1 amide bonds. The lowest BCUT2D eigenvalue weighted by Gasteiger charge is -2.21. The van der Waals surface area contributed by atoms with Gasteiger partial charge in [0.25, 0.3) is 5.91 Å². The first kappa shape index (κ1) is 18.5. The Hall–Kier alpha value is -2.81. The minimum Gasteiger partial charge on any atom is -0.276 e. The van der Waals surface area contributed by atoms with E-state index in [9.17, 15) is 4.79 Å². The smallest absolute Gasteiger partial charge is 0.262 e. The van der Waals surface area contributed by atoms with Crippen molar-refractivity contribution in [2.45, 2.75) is 6.92 Å². The van der Waals surface area contributed by atoms with Gasteiger partial charge < -0.3 is 0 Å². The molecule has 0 fully saturated rings. The molecule has 28 heavy (non-hydrogen) atoms. The van der Waals surface area contributed by atoms with Gasteiger partial charge in [-0.2, -0.15) is 0 Å². The van der Waals surface area contributed by atoms with Crippen LogP contribution in [0.3, 0.4) is 0 Å². The van der Waals surface area contributed by atoms with Gasteiger partial charge in [0.15, 0.2) is 0 Å². The van der Waals surface area contributed by atoms with E-state index >= 15 is 0 Å². The summed E-state index contributed by atoms with van der Waals surface area (Å²) in [6.45, 7) is 1.94. The normalized spacial score (nSPS) is 15.2. The molecule has 0 atom stereocenters. The van der Waals surface area contributed by atoms with E-state index in [0.29, 0.717) is 15.6 Å². The van der Waals surface area contributed by atoms with Crippen LogP contribution < -0.4 is 4.90 Å². The van der Waals surface area contributed by atoms with Gasteiger partial charge >= 0.3 is 0 Å². The van der Waals surface area contributed by atoms with Gasteiger partial charge in [0.1, 0.15) is 0 Å². The second-order valence-corrected chi connectivity index (χ2v) is 7.46. The summed E-state index contributed by atoms with van der Waals surface area (Å²) in [4.78, 5) is 15.0. The molecule has 0 saturated carbocycles. The minimum absolute atomic E-state index is 0.0891.